The summed E-state index contributed by atoms with van der Waals surface area (Å²) in [6.45, 7) is 3.27. The van der Waals surface area contributed by atoms with Crippen molar-refractivity contribution in [2.45, 2.75) is 19.4 Å². The quantitative estimate of drug-likeness (QED) is 0.910. The molecule has 2 rings (SSSR count). The summed E-state index contributed by atoms with van der Waals surface area (Å²) >= 11 is 0. The number of hydrogen-bond donors (Lipinski definition) is 1. The third-order valence-electron chi connectivity index (χ3n) is 3.66. The maximum atomic E-state index is 13.6. The van der Waals surface area contributed by atoms with Gasteiger partial charge in [-0.15, -0.1) is 12.4 Å². The molecule has 0 spiro atoms. The molecular weight excluding hydrogens is 283 g/mol. The molecule has 1 aliphatic rings. The molecule has 2 atom stereocenters. The van der Waals surface area contributed by atoms with E-state index in [0.29, 0.717) is 18.7 Å². The number of methoxy groups -OCH3 is 1. The van der Waals surface area contributed by atoms with Gasteiger partial charge in [-0.25, -0.2) is 4.39 Å². The number of carbonyl (C=O) groups excluding carboxylic acids is 1. The Balaban J connectivity index is 0.00000200. The molecule has 1 aromatic rings. The Kier molecular flexibility index (Phi) is 5.77. The second kappa shape index (κ2) is 6.90. The highest BCUT2D eigenvalue weighted by Crippen LogP contribution is 2.21. The summed E-state index contributed by atoms with van der Waals surface area (Å²) in [6, 6.07) is 4.42. The van der Waals surface area contributed by atoms with Crippen LogP contribution in [0.25, 0.3) is 0 Å². The first kappa shape index (κ1) is 16.7. The summed E-state index contributed by atoms with van der Waals surface area (Å²) in [6.07, 6.45) is 0.783. The SMILES string of the molecule is COc1ccc(C(=O)N2CCC(N)C(C)C2)cc1F.Cl. The van der Waals surface area contributed by atoms with E-state index in [2.05, 4.69) is 0 Å². The summed E-state index contributed by atoms with van der Waals surface area (Å²) in [5.41, 5.74) is 6.27. The number of halogens is 2. The van der Waals surface area contributed by atoms with Crippen molar-refractivity contribution in [1.29, 1.82) is 0 Å². The number of likely N-dealkylation sites (tertiary alicyclic amines) is 1. The molecule has 1 fully saturated rings. The monoisotopic (exact) mass is 302 g/mol. The van der Waals surface area contributed by atoms with Crippen LogP contribution >= 0.6 is 12.4 Å². The van der Waals surface area contributed by atoms with Crippen LogP contribution in [-0.4, -0.2) is 37.0 Å². The average molecular weight is 303 g/mol. The Hall–Kier alpha value is -1.33. The molecule has 0 bridgehead atoms. The van der Waals surface area contributed by atoms with E-state index in [1.165, 1.54) is 19.2 Å². The van der Waals surface area contributed by atoms with E-state index in [1.54, 1.807) is 11.0 Å². The molecule has 0 aromatic heterocycles. The highest BCUT2D eigenvalue weighted by atomic mass is 35.5. The van der Waals surface area contributed by atoms with E-state index in [0.717, 1.165) is 6.42 Å². The van der Waals surface area contributed by atoms with E-state index < -0.39 is 5.82 Å². The minimum Gasteiger partial charge on any atom is -0.494 e. The van der Waals surface area contributed by atoms with Crippen molar-refractivity contribution in [3.63, 3.8) is 0 Å². The minimum absolute atomic E-state index is 0. The van der Waals surface area contributed by atoms with E-state index in [4.69, 9.17) is 10.5 Å². The lowest BCUT2D eigenvalue weighted by molar-refractivity contribution is 0.0663. The Morgan fingerprint density at radius 3 is 2.75 bits per heavy atom. The summed E-state index contributed by atoms with van der Waals surface area (Å²) in [5, 5.41) is 0. The zero-order valence-electron chi connectivity index (χ0n) is 11.6. The van der Waals surface area contributed by atoms with E-state index in [9.17, 15) is 9.18 Å². The second-order valence-corrected chi connectivity index (χ2v) is 5.03. The topological polar surface area (TPSA) is 55.6 Å². The number of rotatable bonds is 2. The van der Waals surface area contributed by atoms with Crippen LogP contribution in [0.5, 0.6) is 5.75 Å². The molecule has 1 amide bonds. The molecule has 1 saturated heterocycles. The summed E-state index contributed by atoms with van der Waals surface area (Å²) < 4.78 is 18.4. The van der Waals surface area contributed by atoms with Gasteiger partial charge < -0.3 is 15.4 Å². The lowest BCUT2D eigenvalue weighted by atomic mass is 9.94. The van der Waals surface area contributed by atoms with Crippen LogP contribution in [0.15, 0.2) is 18.2 Å². The molecule has 20 heavy (non-hydrogen) atoms. The smallest absolute Gasteiger partial charge is 0.253 e. The van der Waals surface area contributed by atoms with Crippen LogP contribution in [-0.2, 0) is 0 Å². The third kappa shape index (κ3) is 3.41. The number of piperidine rings is 1. The van der Waals surface area contributed by atoms with Crippen molar-refractivity contribution in [2.24, 2.45) is 11.7 Å². The van der Waals surface area contributed by atoms with Crippen molar-refractivity contribution in [2.75, 3.05) is 20.2 Å². The van der Waals surface area contributed by atoms with Crippen LogP contribution in [0, 0.1) is 11.7 Å². The third-order valence-corrected chi connectivity index (χ3v) is 3.66. The molecule has 0 saturated carbocycles. The maximum absolute atomic E-state index is 13.6. The fourth-order valence-corrected chi connectivity index (χ4v) is 2.33. The predicted octanol–water partition coefficient (Wildman–Crippen LogP) is 2.07. The average Bonchev–Trinajstić information content (AvgIpc) is 2.41. The molecule has 0 radical (unpaired) electrons. The number of amides is 1. The van der Waals surface area contributed by atoms with Crippen LogP contribution in [0.1, 0.15) is 23.7 Å². The van der Waals surface area contributed by atoms with Gasteiger partial charge in [0.15, 0.2) is 11.6 Å². The zero-order chi connectivity index (χ0) is 14.0. The minimum atomic E-state index is -0.518. The Morgan fingerprint density at radius 2 is 2.20 bits per heavy atom. The fraction of sp³-hybridized carbons (Fsp3) is 0.500. The van der Waals surface area contributed by atoms with Crippen molar-refractivity contribution in [3.8, 4) is 5.75 Å². The molecule has 4 nitrogen and oxygen atoms in total. The molecule has 112 valence electrons. The zero-order valence-corrected chi connectivity index (χ0v) is 12.5. The lowest BCUT2D eigenvalue weighted by Gasteiger charge is -2.35. The van der Waals surface area contributed by atoms with Gasteiger partial charge in [-0.3, -0.25) is 4.79 Å². The normalized spacial score (nSPS) is 22.1. The molecule has 1 heterocycles. The van der Waals surface area contributed by atoms with Gasteiger partial charge in [0.1, 0.15) is 0 Å². The van der Waals surface area contributed by atoms with Gasteiger partial charge in [0.25, 0.3) is 5.91 Å². The van der Waals surface area contributed by atoms with Crippen LogP contribution < -0.4 is 10.5 Å². The molecule has 1 aliphatic heterocycles. The molecule has 6 heteroatoms. The predicted molar refractivity (Wildman–Crippen MR) is 77.9 cm³/mol. The first-order valence-corrected chi connectivity index (χ1v) is 6.41. The number of benzene rings is 1. The van der Waals surface area contributed by atoms with E-state index >= 15 is 0 Å². The van der Waals surface area contributed by atoms with Crippen molar-refractivity contribution in [3.05, 3.63) is 29.6 Å². The highest BCUT2D eigenvalue weighted by Gasteiger charge is 2.27. The largest absolute Gasteiger partial charge is 0.494 e. The van der Waals surface area contributed by atoms with Gasteiger partial charge in [-0.05, 0) is 30.5 Å². The molecule has 2 unspecified atom stereocenters. The summed E-state index contributed by atoms with van der Waals surface area (Å²) in [4.78, 5) is 14.0. The second-order valence-electron chi connectivity index (χ2n) is 5.03. The van der Waals surface area contributed by atoms with Gasteiger partial charge in [-0.1, -0.05) is 6.92 Å². The van der Waals surface area contributed by atoms with Gasteiger partial charge in [0, 0.05) is 24.7 Å². The Bertz CT molecular complexity index is 484. The Morgan fingerprint density at radius 1 is 1.50 bits per heavy atom. The molecular formula is C14H20ClFN2O2. The number of carbonyl (C=O) groups is 1. The number of hydrogen-bond acceptors (Lipinski definition) is 3. The van der Waals surface area contributed by atoms with Gasteiger partial charge in [0.2, 0.25) is 0 Å². The van der Waals surface area contributed by atoms with Gasteiger partial charge in [0.05, 0.1) is 7.11 Å². The van der Waals surface area contributed by atoms with E-state index in [-0.39, 0.29) is 36.0 Å². The standard InChI is InChI=1S/C14H19FN2O2.ClH/c1-9-8-17(6-5-12(9)16)14(18)10-3-4-13(19-2)11(15)7-10;/h3-4,7,9,12H,5-6,8,16H2,1-2H3;1H. The molecule has 1 aromatic carbocycles. The van der Waals surface area contributed by atoms with Crippen LogP contribution in [0.4, 0.5) is 4.39 Å². The van der Waals surface area contributed by atoms with Crippen molar-refractivity contribution < 1.29 is 13.9 Å². The van der Waals surface area contributed by atoms with Gasteiger partial charge in [-0.2, -0.15) is 0 Å². The Labute approximate surface area is 124 Å². The molecule has 2 N–H and O–H groups in total. The molecule has 0 aliphatic carbocycles. The van der Waals surface area contributed by atoms with E-state index in [1.807, 2.05) is 6.92 Å². The number of ether oxygens (including phenoxy) is 1. The van der Waals surface area contributed by atoms with Crippen molar-refractivity contribution in [1.82, 2.24) is 4.90 Å². The fourth-order valence-electron chi connectivity index (χ4n) is 2.33. The first-order valence-electron chi connectivity index (χ1n) is 6.41. The number of nitrogens with two attached hydrogens (primary N) is 1. The highest BCUT2D eigenvalue weighted by molar-refractivity contribution is 5.94. The van der Waals surface area contributed by atoms with Crippen molar-refractivity contribution >= 4 is 18.3 Å². The number of nitrogens with zero attached hydrogens (tertiary/aromatic N) is 1. The van der Waals surface area contributed by atoms with Crippen LogP contribution in [0.3, 0.4) is 0 Å². The summed E-state index contributed by atoms with van der Waals surface area (Å²) in [5.74, 6) is -0.262. The lowest BCUT2D eigenvalue weighted by Crippen LogP contribution is -2.48. The van der Waals surface area contributed by atoms with Crippen LogP contribution in [0.2, 0.25) is 0 Å². The first-order chi connectivity index (χ1) is 9.02. The maximum Gasteiger partial charge on any atom is 0.253 e. The summed E-state index contributed by atoms with van der Waals surface area (Å²) in [7, 11) is 1.40. The van der Waals surface area contributed by atoms with Gasteiger partial charge >= 0.3 is 0 Å².